The number of hydrazine groups is 1. The van der Waals surface area contributed by atoms with Crippen molar-refractivity contribution >= 4 is 26.7 Å². The number of fused-ring (bicyclic) bond motifs is 2. The standard InChI is InChI=1S/C8H11N7S/c1-5-10-6-4-15(9-2)8-12-13-14(3)16(8)7(6)11-5/h4,9H,1-3H3. The van der Waals surface area contributed by atoms with Gasteiger partial charge < -0.3 is 0 Å². The first-order valence-electron chi connectivity index (χ1n) is 4.80. The minimum absolute atomic E-state index is 0.339. The number of aliphatic imine (C=N–C) groups is 2. The van der Waals surface area contributed by atoms with Gasteiger partial charge in [-0.1, -0.05) is 5.22 Å². The highest BCUT2D eigenvalue weighted by Gasteiger charge is 2.33. The summed E-state index contributed by atoms with van der Waals surface area (Å²) in [5.41, 5.74) is 3.93. The molecule has 3 aliphatic rings. The maximum absolute atomic E-state index is 4.45. The Balaban J connectivity index is 2.14. The molecule has 84 valence electrons. The Bertz CT molecular complexity index is 512. The Labute approximate surface area is 95.3 Å². The number of nitrogens with zero attached hydrogens (tertiary/aromatic N) is 6. The molecule has 1 N–H and O–H groups in total. The van der Waals surface area contributed by atoms with E-state index < -0.39 is 0 Å². The molecule has 0 aromatic heterocycles. The average Bonchev–Trinajstić information content (AvgIpc) is 2.80. The molecule has 1 atom stereocenters. The smallest absolute Gasteiger partial charge is 0.222 e. The fraction of sp³-hybridized carbons (Fsp3) is 0.375. The van der Waals surface area contributed by atoms with Crippen LogP contribution in [-0.2, 0) is 0 Å². The minimum Gasteiger partial charge on any atom is -0.257 e. The van der Waals surface area contributed by atoms with Crippen LogP contribution in [0, 0.1) is 0 Å². The molecule has 3 rings (SSSR count). The third kappa shape index (κ3) is 1.17. The molecule has 3 heterocycles. The van der Waals surface area contributed by atoms with Crippen molar-refractivity contribution in [2.45, 2.75) is 6.92 Å². The van der Waals surface area contributed by atoms with Gasteiger partial charge in [0, 0.05) is 24.8 Å². The second-order valence-corrected chi connectivity index (χ2v) is 5.25. The molecule has 16 heavy (non-hydrogen) atoms. The van der Waals surface area contributed by atoms with E-state index in [1.807, 2.05) is 36.6 Å². The molecular weight excluding hydrogens is 226 g/mol. The van der Waals surface area contributed by atoms with Crippen molar-refractivity contribution in [3.05, 3.63) is 11.9 Å². The van der Waals surface area contributed by atoms with Crippen LogP contribution < -0.4 is 5.43 Å². The van der Waals surface area contributed by atoms with Crippen LogP contribution in [0.15, 0.2) is 32.2 Å². The van der Waals surface area contributed by atoms with Gasteiger partial charge >= 0.3 is 0 Å². The van der Waals surface area contributed by atoms with Gasteiger partial charge in [-0.2, -0.15) is 0 Å². The zero-order valence-corrected chi connectivity index (χ0v) is 9.99. The maximum atomic E-state index is 4.45. The summed E-state index contributed by atoms with van der Waals surface area (Å²) < 4.78 is 1.82. The van der Waals surface area contributed by atoms with Gasteiger partial charge in [-0.25, -0.2) is 19.8 Å². The van der Waals surface area contributed by atoms with Crippen LogP contribution in [0.5, 0.6) is 0 Å². The van der Waals surface area contributed by atoms with E-state index in [1.54, 1.807) is 0 Å². The maximum Gasteiger partial charge on any atom is 0.222 e. The van der Waals surface area contributed by atoms with Gasteiger partial charge in [0.15, 0.2) is 0 Å². The van der Waals surface area contributed by atoms with Crippen LogP contribution in [0.1, 0.15) is 6.92 Å². The van der Waals surface area contributed by atoms with E-state index in [0.717, 1.165) is 21.7 Å². The van der Waals surface area contributed by atoms with Gasteiger partial charge in [-0.15, -0.1) is 5.11 Å². The third-order valence-electron chi connectivity index (χ3n) is 2.34. The second-order valence-electron chi connectivity index (χ2n) is 3.40. The molecule has 0 bridgehead atoms. The predicted octanol–water partition coefficient (Wildman–Crippen LogP) is 0.692. The third-order valence-corrected chi connectivity index (χ3v) is 4.23. The molecule has 0 amide bonds. The fourth-order valence-electron chi connectivity index (χ4n) is 1.66. The van der Waals surface area contributed by atoms with Crippen LogP contribution in [0.2, 0.25) is 0 Å². The summed E-state index contributed by atoms with van der Waals surface area (Å²) in [5, 5.41) is 11.8. The van der Waals surface area contributed by atoms with E-state index in [1.165, 1.54) is 0 Å². The van der Waals surface area contributed by atoms with Crippen molar-refractivity contribution in [3.8, 4) is 0 Å². The quantitative estimate of drug-likeness (QED) is 0.682. The van der Waals surface area contributed by atoms with Gasteiger partial charge in [0.1, 0.15) is 16.6 Å². The van der Waals surface area contributed by atoms with Crippen LogP contribution in [0.4, 0.5) is 0 Å². The number of hydrogen-bond donors (Lipinski definition) is 1. The highest BCUT2D eigenvalue weighted by atomic mass is 32.2. The first kappa shape index (κ1) is 9.67. The lowest BCUT2D eigenvalue weighted by Gasteiger charge is -2.24. The highest BCUT2D eigenvalue weighted by molar-refractivity contribution is 8.27. The minimum atomic E-state index is -0.339. The highest BCUT2D eigenvalue weighted by Crippen LogP contribution is 2.38. The van der Waals surface area contributed by atoms with Crippen molar-refractivity contribution in [2.75, 3.05) is 14.1 Å². The monoisotopic (exact) mass is 237 g/mol. The predicted molar refractivity (Wildman–Crippen MR) is 64.7 cm³/mol. The lowest BCUT2D eigenvalue weighted by atomic mass is 10.5. The van der Waals surface area contributed by atoms with Gasteiger partial charge in [0.25, 0.3) is 0 Å². The summed E-state index contributed by atoms with van der Waals surface area (Å²) >= 11 is 0. The Morgan fingerprint density at radius 1 is 1.38 bits per heavy atom. The topological polar surface area (TPSA) is 67.9 Å². The number of hydrogen-bond acceptors (Lipinski definition) is 7. The van der Waals surface area contributed by atoms with Gasteiger partial charge in [0.05, 0.1) is 6.20 Å². The molecule has 0 fully saturated rings. The molecule has 0 aromatic rings. The summed E-state index contributed by atoms with van der Waals surface area (Å²) in [5.74, 6) is 0.784. The van der Waals surface area contributed by atoms with E-state index in [9.17, 15) is 0 Å². The summed E-state index contributed by atoms with van der Waals surface area (Å²) in [6.07, 6.45) is 1.90. The fourth-order valence-corrected chi connectivity index (χ4v) is 3.39. The largest absolute Gasteiger partial charge is 0.257 e. The first-order valence-corrected chi connectivity index (χ1v) is 5.98. The summed E-state index contributed by atoms with van der Waals surface area (Å²) in [6.45, 7) is 1.89. The van der Waals surface area contributed by atoms with Gasteiger partial charge in [0.2, 0.25) is 5.11 Å². The Morgan fingerprint density at radius 3 is 2.94 bits per heavy atom. The number of rotatable bonds is 1. The van der Waals surface area contributed by atoms with Crippen molar-refractivity contribution in [1.29, 1.82) is 0 Å². The zero-order valence-electron chi connectivity index (χ0n) is 9.17. The molecule has 0 saturated heterocycles. The first-order chi connectivity index (χ1) is 7.70. The summed E-state index contributed by atoms with van der Waals surface area (Å²) in [6, 6.07) is 0. The van der Waals surface area contributed by atoms with Gasteiger partial charge in [-0.05, 0) is 6.92 Å². The summed E-state index contributed by atoms with van der Waals surface area (Å²) in [4.78, 5) is 8.83. The van der Waals surface area contributed by atoms with Crippen LogP contribution in [-0.4, -0.2) is 39.5 Å². The lowest BCUT2D eigenvalue weighted by Crippen LogP contribution is -2.38. The second kappa shape index (κ2) is 3.22. The average molecular weight is 237 g/mol. The van der Waals surface area contributed by atoms with Gasteiger partial charge in [-0.3, -0.25) is 5.01 Å². The van der Waals surface area contributed by atoms with Crippen molar-refractivity contribution in [3.63, 3.8) is 0 Å². The van der Waals surface area contributed by atoms with Crippen molar-refractivity contribution < 1.29 is 0 Å². The normalized spacial score (nSPS) is 26.6. The van der Waals surface area contributed by atoms with E-state index in [-0.39, 0.29) is 10.7 Å². The van der Waals surface area contributed by atoms with E-state index in [0.29, 0.717) is 0 Å². The molecule has 8 heteroatoms. The number of nitrogens with one attached hydrogen (secondary N) is 1. The molecule has 7 nitrogen and oxygen atoms in total. The van der Waals surface area contributed by atoms with Crippen LogP contribution >= 0.6 is 10.7 Å². The zero-order chi connectivity index (χ0) is 11.3. The Kier molecular flexibility index (Phi) is 1.95. The molecule has 1 unspecified atom stereocenters. The van der Waals surface area contributed by atoms with E-state index in [2.05, 4.69) is 25.7 Å². The molecule has 0 aromatic carbocycles. The molecule has 3 aliphatic heterocycles. The molecular formula is C8H11N7S. The van der Waals surface area contributed by atoms with Crippen molar-refractivity contribution in [1.82, 2.24) is 14.8 Å². The Morgan fingerprint density at radius 2 is 2.19 bits per heavy atom. The van der Waals surface area contributed by atoms with Crippen LogP contribution in [0.25, 0.3) is 0 Å². The summed E-state index contributed by atoms with van der Waals surface area (Å²) in [7, 11) is 3.40. The lowest BCUT2D eigenvalue weighted by molar-refractivity contribution is 0.452. The molecule has 0 spiro atoms. The van der Waals surface area contributed by atoms with E-state index >= 15 is 0 Å². The Hall–Kier alpha value is -1.54. The van der Waals surface area contributed by atoms with Crippen LogP contribution in [0.3, 0.4) is 0 Å². The SMILES string of the molecule is CNN1C=C2N=C(C)N=C2S2=C1N=NN2C. The van der Waals surface area contributed by atoms with Crippen molar-refractivity contribution in [2.24, 2.45) is 20.3 Å². The molecule has 0 saturated carbocycles. The molecule has 0 aliphatic carbocycles. The molecule has 0 radical (unpaired) electrons. The van der Waals surface area contributed by atoms with E-state index in [4.69, 9.17) is 0 Å². The number of amidine groups is 1.